The van der Waals surface area contributed by atoms with Crippen LogP contribution in [0.25, 0.3) is 0 Å². The molecule has 0 fully saturated rings. The van der Waals surface area contributed by atoms with Crippen LogP contribution in [-0.4, -0.2) is 16.4 Å². The molecule has 0 aliphatic heterocycles. The Morgan fingerprint density at radius 2 is 1.88 bits per heavy atom. The molecule has 0 N–H and O–H groups in total. The summed E-state index contributed by atoms with van der Waals surface area (Å²) in [5.74, 6) is 0. The third-order valence-electron chi connectivity index (χ3n) is 2.73. The highest BCUT2D eigenvalue weighted by Gasteiger charge is 2.17. The first-order valence-corrected chi connectivity index (χ1v) is 7.50. The van der Waals surface area contributed by atoms with Gasteiger partial charge in [0.1, 0.15) is 0 Å². The van der Waals surface area contributed by atoms with Crippen molar-refractivity contribution in [3.63, 3.8) is 0 Å². The maximum atomic E-state index is 5.83. The smallest absolute Gasteiger partial charge is 0.192 e. The first-order chi connectivity index (χ1) is 7.55. The second-order valence-electron chi connectivity index (χ2n) is 5.31. The molecular formula is C14H24OSi. The normalized spacial score (nSPS) is 12.5. The zero-order chi connectivity index (χ0) is 12.0. The lowest BCUT2D eigenvalue weighted by Crippen LogP contribution is -2.29. The van der Waals surface area contributed by atoms with Crippen molar-refractivity contribution in [2.45, 2.75) is 46.0 Å². The highest BCUT2D eigenvalue weighted by atomic mass is 28.2. The lowest BCUT2D eigenvalue weighted by molar-refractivity contribution is 0.331. The first-order valence-electron chi connectivity index (χ1n) is 6.22. The highest BCUT2D eigenvalue weighted by Crippen LogP contribution is 2.19. The fraction of sp³-hybridized carbons (Fsp3) is 0.571. The lowest BCUT2D eigenvalue weighted by Gasteiger charge is -2.22. The van der Waals surface area contributed by atoms with Crippen LogP contribution in [0, 0.1) is 0 Å². The van der Waals surface area contributed by atoms with Gasteiger partial charge in [-0.25, -0.2) is 0 Å². The van der Waals surface area contributed by atoms with Crippen LogP contribution in [0.4, 0.5) is 0 Å². The van der Waals surface area contributed by atoms with Gasteiger partial charge in [0.15, 0.2) is 9.76 Å². The minimum Gasteiger partial charge on any atom is -0.419 e. The van der Waals surface area contributed by atoms with Crippen molar-refractivity contribution in [2.24, 2.45) is 0 Å². The summed E-state index contributed by atoms with van der Waals surface area (Å²) >= 11 is 0. The average Bonchev–Trinajstić information content (AvgIpc) is 2.24. The Kier molecular flexibility index (Phi) is 5.23. The maximum absolute atomic E-state index is 5.83. The Labute approximate surface area is 102 Å². The standard InChI is InChI=1S/C14H24OSi/c1-5-6-11-15-16-13-10-8-7-9-12(13)14(2,3)4/h7-10H,5-6,11,16H2,1-4H3. The Morgan fingerprint density at radius 1 is 1.19 bits per heavy atom. The van der Waals surface area contributed by atoms with E-state index in [0.717, 1.165) is 6.61 Å². The molecule has 0 unspecified atom stereocenters. The van der Waals surface area contributed by atoms with Gasteiger partial charge in [-0.15, -0.1) is 0 Å². The lowest BCUT2D eigenvalue weighted by atomic mass is 9.87. The van der Waals surface area contributed by atoms with Crippen LogP contribution >= 0.6 is 0 Å². The zero-order valence-corrected chi connectivity index (χ0v) is 12.5. The molecule has 1 aromatic carbocycles. The molecule has 0 radical (unpaired) electrons. The van der Waals surface area contributed by atoms with E-state index in [4.69, 9.17) is 4.43 Å². The van der Waals surface area contributed by atoms with Gasteiger partial charge < -0.3 is 4.43 Å². The van der Waals surface area contributed by atoms with E-state index in [1.165, 1.54) is 23.6 Å². The van der Waals surface area contributed by atoms with Gasteiger partial charge in [0.05, 0.1) is 0 Å². The Bertz CT molecular complexity index is 315. The van der Waals surface area contributed by atoms with Crippen LogP contribution in [0.1, 0.15) is 46.1 Å². The minimum atomic E-state index is -0.540. The highest BCUT2D eigenvalue weighted by molar-refractivity contribution is 6.47. The van der Waals surface area contributed by atoms with E-state index in [2.05, 4.69) is 52.0 Å². The second-order valence-corrected chi connectivity index (χ2v) is 6.77. The van der Waals surface area contributed by atoms with Crippen molar-refractivity contribution >= 4 is 14.9 Å². The molecule has 0 aliphatic carbocycles. The summed E-state index contributed by atoms with van der Waals surface area (Å²) in [4.78, 5) is 0. The van der Waals surface area contributed by atoms with Crippen molar-refractivity contribution in [1.29, 1.82) is 0 Å². The molecule has 90 valence electrons. The van der Waals surface area contributed by atoms with Gasteiger partial charge in [0.2, 0.25) is 0 Å². The van der Waals surface area contributed by atoms with Crippen LogP contribution in [0.2, 0.25) is 0 Å². The molecule has 1 rings (SSSR count). The van der Waals surface area contributed by atoms with Crippen molar-refractivity contribution in [1.82, 2.24) is 0 Å². The predicted octanol–water partition coefficient (Wildman–Crippen LogP) is 2.51. The average molecular weight is 236 g/mol. The molecule has 0 saturated carbocycles. The molecular weight excluding hydrogens is 212 g/mol. The van der Waals surface area contributed by atoms with Crippen LogP contribution < -0.4 is 5.19 Å². The third-order valence-corrected chi connectivity index (χ3v) is 4.15. The molecule has 1 nitrogen and oxygen atoms in total. The zero-order valence-electron chi connectivity index (χ0n) is 11.0. The monoisotopic (exact) mass is 236 g/mol. The van der Waals surface area contributed by atoms with Gasteiger partial charge in [-0.1, -0.05) is 58.4 Å². The minimum absolute atomic E-state index is 0.234. The summed E-state index contributed by atoms with van der Waals surface area (Å²) in [6.45, 7) is 9.94. The van der Waals surface area contributed by atoms with Crippen molar-refractivity contribution in [2.75, 3.05) is 6.61 Å². The Morgan fingerprint density at radius 3 is 2.50 bits per heavy atom. The molecule has 0 aromatic heterocycles. The molecule has 0 atom stereocenters. The van der Waals surface area contributed by atoms with E-state index in [1.54, 1.807) is 0 Å². The first kappa shape index (κ1) is 13.5. The molecule has 0 bridgehead atoms. The van der Waals surface area contributed by atoms with Crippen LogP contribution in [0.15, 0.2) is 24.3 Å². The molecule has 0 spiro atoms. The second kappa shape index (κ2) is 6.21. The Balaban J connectivity index is 2.65. The van der Waals surface area contributed by atoms with Gasteiger partial charge >= 0.3 is 0 Å². The van der Waals surface area contributed by atoms with Gasteiger partial charge in [0.25, 0.3) is 0 Å². The topological polar surface area (TPSA) is 9.23 Å². The molecule has 1 aromatic rings. The van der Waals surface area contributed by atoms with Crippen LogP contribution in [0.3, 0.4) is 0 Å². The van der Waals surface area contributed by atoms with Gasteiger partial charge in [-0.3, -0.25) is 0 Å². The predicted molar refractivity (Wildman–Crippen MR) is 74.2 cm³/mol. The summed E-state index contributed by atoms with van der Waals surface area (Å²) < 4.78 is 5.83. The Hall–Kier alpha value is -0.603. The quantitative estimate of drug-likeness (QED) is 0.564. The van der Waals surface area contributed by atoms with Crippen molar-refractivity contribution < 1.29 is 4.43 Å². The van der Waals surface area contributed by atoms with Gasteiger partial charge in [-0.05, 0) is 22.6 Å². The molecule has 16 heavy (non-hydrogen) atoms. The summed E-state index contributed by atoms with van der Waals surface area (Å²) in [6, 6.07) is 8.73. The summed E-state index contributed by atoms with van der Waals surface area (Å²) in [5, 5.41) is 1.46. The van der Waals surface area contributed by atoms with Gasteiger partial charge in [0, 0.05) is 6.61 Å². The van der Waals surface area contributed by atoms with Crippen molar-refractivity contribution in [3.05, 3.63) is 29.8 Å². The van der Waals surface area contributed by atoms with Gasteiger partial charge in [-0.2, -0.15) is 0 Å². The summed E-state index contributed by atoms with van der Waals surface area (Å²) in [7, 11) is -0.540. The number of unbranched alkanes of at least 4 members (excludes halogenated alkanes) is 1. The molecule has 0 aliphatic rings. The fourth-order valence-electron chi connectivity index (χ4n) is 1.81. The third kappa shape index (κ3) is 4.10. The van der Waals surface area contributed by atoms with E-state index >= 15 is 0 Å². The number of rotatable bonds is 5. The van der Waals surface area contributed by atoms with Crippen molar-refractivity contribution in [3.8, 4) is 0 Å². The maximum Gasteiger partial charge on any atom is 0.192 e. The van der Waals surface area contributed by atoms with E-state index in [9.17, 15) is 0 Å². The van der Waals surface area contributed by atoms with E-state index < -0.39 is 9.76 Å². The number of benzene rings is 1. The van der Waals surface area contributed by atoms with Crippen LogP contribution in [-0.2, 0) is 9.84 Å². The number of hydrogen-bond acceptors (Lipinski definition) is 1. The molecule has 0 amide bonds. The fourth-order valence-corrected chi connectivity index (χ4v) is 3.41. The molecule has 0 heterocycles. The van der Waals surface area contributed by atoms with E-state index in [0.29, 0.717) is 0 Å². The summed E-state index contributed by atoms with van der Waals surface area (Å²) in [5.41, 5.74) is 1.69. The number of hydrogen-bond donors (Lipinski definition) is 0. The summed E-state index contributed by atoms with van der Waals surface area (Å²) in [6.07, 6.45) is 2.40. The van der Waals surface area contributed by atoms with Crippen LogP contribution in [0.5, 0.6) is 0 Å². The SMILES string of the molecule is CCCCO[SiH2]c1ccccc1C(C)(C)C. The molecule has 0 saturated heterocycles. The van der Waals surface area contributed by atoms with E-state index in [1.807, 2.05) is 0 Å². The largest absolute Gasteiger partial charge is 0.419 e. The van der Waals surface area contributed by atoms with E-state index in [-0.39, 0.29) is 5.41 Å². The molecule has 2 heteroatoms.